The van der Waals surface area contributed by atoms with Gasteiger partial charge >= 0.3 is 0 Å². The minimum absolute atomic E-state index is 0.230. The lowest BCUT2D eigenvalue weighted by Gasteiger charge is -2.11. The zero-order chi connectivity index (χ0) is 17.7. The first-order chi connectivity index (χ1) is 11.4. The van der Waals surface area contributed by atoms with Crippen LogP contribution in [0.25, 0.3) is 0 Å². The van der Waals surface area contributed by atoms with Crippen LogP contribution in [-0.4, -0.2) is 12.5 Å². The molecule has 0 spiro atoms. The average Bonchev–Trinajstić information content (AvgIpc) is 2.49. The van der Waals surface area contributed by atoms with Crippen LogP contribution in [0.1, 0.15) is 12.8 Å². The molecule has 0 fully saturated rings. The minimum atomic E-state index is -0.230. The Kier molecular flexibility index (Phi) is 7.33. The van der Waals surface area contributed by atoms with E-state index in [1.807, 2.05) is 0 Å². The van der Waals surface area contributed by atoms with Crippen LogP contribution in [0, 0.1) is 0 Å². The number of hydrogen-bond donors (Lipinski definition) is 1. The number of halogens is 5. The number of hydrogen-bond acceptors (Lipinski definition) is 2. The third kappa shape index (κ3) is 5.61. The molecule has 0 unspecified atom stereocenters. The van der Waals surface area contributed by atoms with Crippen molar-refractivity contribution in [2.45, 2.75) is 12.8 Å². The van der Waals surface area contributed by atoms with Crippen LogP contribution >= 0.6 is 58.0 Å². The van der Waals surface area contributed by atoms with Crippen LogP contribution in [-0.2, 0) is 4.79 Å². The quantitative estimate of drug-likeness (QED) is 0.518. The molecule has 0 saturated heterocycles. The van der Waals surface area contributed by atoms with Crippen molar-refractivity contribution in [1.82, 2.24) is 0 Å². The van der Waals surface area contributed by atoms with E-state index in [-0.39, 0.29) is 22.4 Å². The second kappa shape index (κ2) is 9.02. The van der Waals surface area contributed by atoms with Gasteiger partial charge in [-0.25, -0.2) is 0 Å². The van der Waals surface area contributed by atoms with Gasteiger partial charge in [-0.05, 0) is 36.8 Å². The predicted octanol–water partition coefficient (Wildman–Crippen LogP) is 6.75. The fourth-order valence-corrected chi connectivity index (χ4v) is 3.25. The highest BCUT2D eigenvalue weighted by Crippen LogP contribution is 2.33. The first-order valence-electron chi connectivity index (χ1n) is 6.89. The molecule has 24 heavy (non-hydrogen) atoms. The Bertz CT molecular complexity index is 728. The molecule has 1 amide bonds. The van der Waals surface area contributed by atoms with Crippen molar-refractivity contribution >= 4 is 69.6 Å². The zero-order valence-corrected chi connectivity index (χ0v) is 16.0. The highest BCUT2D eigenvalue weighted by atomic mass is 35.5. The monoisotopic (exact) mass is 425 g/mol. The number of ether oxygens (including phenoxy) is 1. The molecular weight excluding hydrogens is 415 g/mol. The normalized spacial score (nSPS) is 10.5. The summed E-state index contributed by atoms with van der Waals surface area (Å²) in [5.74, 6) is 0.289. The fraction of sp³-hybridized carbons (Fsp3) is 0.188. The predicted molar refractivity (Wildman–Crippen MR) is 101 cm³/mol. The molecular formula is C16H12Cl5NO2. The van der Waals surface area contributed by atoms with E-state index in [4.69, 9.17) is 62.7 Å². The van der Waals surface area contributed by atoms with Gasteiger partial charge in [0.25, 0.3) is 0 Å². The highest BCUT2D eigenvalue weighted by molar-refractivity contribution is 6.42. The van der Waals surface area contributed by atoms with Gasteiger partial charge in [0.05, 0.1) is 27.4 Å². The Morgan fingerprint density at radius 2 is 1.54 bits per heavy atom. The van der Waals surface area contributed by atoms with Gasteiger partial charge < -0.3 is 10.1 Å². The molecule has 0 aliphatic rings. The number of rotatable bonds is 6. The molecule has 2 aromatic rings. The van der Waals surface area contributed by atoms with Gasteiger partial charge in [0.15, 0.2) is 0 Å². The van der Waals surface area contributed by atoms with Crippen LogP contribution in [0.4, 0.5) is 5.69 Å². The maximum Gasteiger partial charge on any atom is 0.224 e. The summed E-state index contributed by atoms with van der Waals surface area (Å²) >= 11 is 29.7. The van der Waals surface area contributed by atoms with Crippen LogP contribution in [0.3, 0.4) is 0 Å². The van der Waals surface area contributed by atoms with Crippen LogP contribution in [0.2, 0.25) is 25.1 Å². The smallest absolute Gasteiger partial charge is 0.224 e. The summed E-state index contributed by atoms with van der Waals surface area (Å²) < 4.78 is 5.52. The Hall–Kier alpha value is -0.840. The molecule has 0 atom stereocenters. The van der Waals surface area contributed by atoms with Crippen molar-refractivity contribution < 1.29 is 9.53 Å². The largest absolute Gasteiger partial charge is 0.492 e. The van der Waals surface area contributed by atoms with Crippen LogP contribution in [0.5, 0.6) is 5.75 Å². The molecule has 128 valence electrons. The Morgan fingerprint density at radius 3 is 2.17 bits per heavy atom. The van der Waals surface area contributed by atoms with Gasteiger partial charge in [-0.2, -0.15) is 0 Å². The topological polar surface area (TPSA) is 38.3 Å². The molecule has 2 rings (SSSR count). The molecule has 1 N–H and O–H groups in total. The van der Waals surface area contributed by atoms with Crippen LogP contribution < -0.4 is 10.1 Å². The van der Waals surface area contributed by atoms with Gasteiger partial charge in [-0.1, -0.05) is 58.0 Å². The van der Waals surface area contributed by atoms with Crippen LogP contribution in [0.15, 0.2) is 30.3 Å². The summed E-state index contributed by atoms with van der Waals surface area (Å²) in [6.45, 7) is 0.330. The third-order valence-electron chi connectivity index (χ3n) is 2.97. The molecule has 0 heterocycles. The minimum Gasteiger partial charge on any atom is -0.492 e. The SMILES string of the molecule is O=C(CCCOc1ccc(Cl)cc1Cl)Nc1c(Cl)cc(Cl)cc1Cl. The van der Waals surface area contributed by atoms with E-state index in [1.54, 1.807) is 18.2 Å². The summed E-state index contributed by atoms with van der Waals surface area (Å²) in [5.41, 5.74) is 0.342. The van der Waals surface area contributed by atoms with Crippen molar-refractivity contribution in [3.8, 4) is 5.75 Å². The van der Waals surface area contributed by atoms with Crippen molar-refractivity contribution in [2.24, 2.45) is 0 Å². The van der Waals surface area contributed by atoms with Gasteiger partial charge in [0.2, 0.25) is 5.91 Å². The lowest BCUT2D eigenvalue weighted by Crippen LogP contribution is -2.13. The summed E-state index contributed by atoms with van der Waals surface area (Å²) in [6, 6.07) is 7.97. The fourth-order valence-electron chi connectivity index (χ4n) is 1.87. The number of amides is 1. The molecule has 2 aromatic carbocycles. The molecule has 8 heteroatoms. The molecule has 3 nitrogen and oxygen atoms in total. The average molecular weight is 428 g/mol. The number of nitrogens with one attached hydrogen (secondary N) is 1. The molecule has 0 radical (unpaired) electrons. The molecule has 0 saturated carbocycles. The lowest BCUT2D eigenvalue weighted by molar-refractivity contribution is -0.116. The van der Waals surface area contributed by atoms with Crippen molar-refractivity contribution in [2.75, 3.05) is 11.9 Å². The van der Waals surface area contributed by atoms with E-state index in [0.717, 1.165) is 0 Å². The van der Waals surface area contributed by atoms with E-state index in [2.05, 4.69) is 5.32 Å². The van der Waals surface area contributed by atoms with E-state index in [9.17, 15) is 4.79 Å². The van der Waals surface area contributed by atoms with E-state index in [0.29, 0.717) is 39.5 Å². The zero-order valence-electron chi connectivity index (χ0n) is 12.2. The number of carbonyl (C=O) groups is 1. The Labute approximate surface area is 164 Å². The summed E-state index contributed by atoms with van der Waals surface area (Å²) in [7, 11) is 0. The van der Waals surface area contributed by atoms with Gasteiger partial charge in [0.1, 0.15) is 5.75 Å². The van der Waals surface area contributed by atoms with Crippen molar-refractivity contribution in [1.29, 1.82) is 0 Å². The Morgan fingerprint density at radius 1 is 0.917 bits per heavy atom. The van der Waals surface area contributed by atoms with E-state index in [1.165, 1.54) is 12.1 Å². The second-order valence-corrected chi connectivity index (χ2v) is 6.91. The number of benzene rings is 2. The molecule has 0 aliphatic carbocycles. The highest BCUT2D eigenvalue weighted by Gasteiger charge is 2.11. The van der Waals surface area contributed by atoms with Gasteiger partial charge in [-0.15, -0.1) is 0 Å². The summed E-state index contributed by atoms with van der Waals surface area (Å²) in [4.78, 5) is 12.0. The number of anilines is 1. The first kappa shape index (κ1) is 19.5. The molecule has 0 aliphatic heterocycles. The molecule has 0 bridgehead atoms. The van der Waals surface area contributed by atoms with E-state index >= 15 is 0 Å². The standard InChI is InChI=1S/C16H12Cl5NO2/c17-9-3-4-14(11(19)6-9)24-5-1-2-15(23)22-16-12(20)7-10(18)8-13(16)21/h3-4,6-8H,1-2,5H2,(H,22,23). The van der Waals surface area contributed by atoms with Gasteiger partial charge in [-0.3, -0.25) is 4.79 Å². The third-order valence-corrected chi connectivity index (χ3v) is 4.32. The second-order valence-electron chi connectivity index (χ2n) is 4.82. The maximum atomic E-state index is 12.0. The lowest BCUT2D eigenvalue weighted by atomic mass is 10.2. The van der Waals surface area contributed by atoms with Crippen molar-refractivity contribution in [3.05, 3.63) is 55.4 Å². The Balaban J connectivity index is 1.82. The molecule has 0 aromatic heterocycles. The van der Waals surface area contributed by atoms with E-state index < -0.39 is 0 Å². The first-order valence-corrected chi connectivity index (χ1v) is 8.78. The summed E-state index contributed by atoms with van der Waals surface area (Å²) in [6.07, 6.45) is 0.730. The van der Waals surface area contributed by atoms with Crippen molar-refractivity contribution in [3.63, 3.8) is 0 Å². The summed E-state index contributed by atoms with van der Waals surface area (Å²) in [5, 5.41) is 4.58. The number of carbonyl (C=O) groups excluding carboxylic acids is 1. The van der Waals surface area contributed by atoms with Gasteiger partial charge in [0, 0.05) is 16.5 Å². The maximum absolute atomic E-state index is 12.0.